The Labute approximate surface area is 436 Å². The van der Waals surface area contributed by atoms with Crippen molar-refractivity contribution in [3.05, 3.63) is 268 Å². The van der Waals surface area contributed by atoms with Crippen LogP contribution in [0.4, 0.5) is 0 Å². The van der Waals surface area contributed by atoms with Gasteiger partial charge in [-0.1, -0.05) is 72.8 Å². The minimum atomic E-state index is 0. The van der Waals surface area contributed by atoms with Gasteiger partial charge in [-0.05, 0) is 146 Å². The van der Waals surface area contributed by atoms with Gasteiger partial charge in [0.25, 0.3) is 0 Å². The third kappa shape index (κ3) is 14.3. The first-order valence-electron chi connectivity index (χ1n) is 22.9. The molecule has 0 aromatic carbocycles. The van der Waals surface area contributed by atoms with E-state index in [1.165, 1.54) is 0 Å². The summed E-state index contributed by atoms with van der Waals surface area (Å²) in [7, 11) is 0. The normalized spacial score (nSPS) is 10.1. The van der Waals surface area contributed by atoms with Crippen molar-refractivity contribution in [2.75, 3.05) is 0 Å². The van der Waals surface area contributed by atoms with Gasteiger partial charge in [-0.2, -0.15) is 0 Å². The van der Waals surface area contributed by atoms with Crippen LogP contribution in [0.5, 0.6) is 0 Å². The molecule has 12 aromatic rings. The molecule has 0 aliphatic carbocycles. The third-order valence-corrected chi connectivity index (χ3v) is 10.4. The first-order chi connectivity index (χ1) is 35.7. The van der Waals surface area contributed by atoms with Gasteiger partial charge in [0.1, 0.15) is 0 Å². The molecular formula is C60H44N12Ru. The van der Waals surface area contributed by atoms with Crippen molar-refractivity contribution < 1.29 is 19.5 Å². The SMILES string of the molecule is [Ru].c1ccc(-c2cccc(-c3ccccn3)n2)nc1.c1ccc(-c2cccc(-c3ccccn3)n2)nc1.c1ccc(-c2cccc(-c3ccccn3)n2)nc1.c1ccc(-c2cccc(-c3ccccn3)n2)nc1. The fraction of sp³-hybridized carbons (Fsp3) is 0. The van der Waals surface area contributed by atoms with E-state index < -0.39 is 0 Å². The van der Waals surface area contributed by atoms with Crippen LogP contribution in [0.25, 0.3) is 91.1 Å². The van der Waals surface area contributed by atoms with Crippen LogP contribution in [0.3, 0.4) is 0 Å². The molecule has 0 saturated heterocycles. The van der Waals surface area contributed by atoms with Crippen LogP contribution in [0.1, 0.15) is 0 Å². The summed E-state index contributed by atoms with van der Waals surface area (Å²) in [5, 5.41) is 0. The van der Waals surface area contributed by atoms with Crippen LogP contribution in [0.15, 0.2) is 268 Å². The monoisotopic (exact) mass is 1030 g/mol. The summed E-state index contributed by atoms with van der Waals surface area (Å²) in [4.78, 5) is 52.8. The number of hydrogen-bond donors (Lipinski definition) is 0. The van der Waals surface area contributed by atoms with Crippen LogP contribution in [0.2, 0.25) is 0 Å². The fourth-order valence-corrected chi connectivity index (χ4v) is 6.99. The molecule has 13 heteroatoms. The Kier molecular flexibility index (Phi) is 18.0. The molecule has 0 unspecified atom stereocenters. The number of pyridine rings is 12. The van der Waals surface area contributed by atoms with E-state index in [1.54, 1.807) is 49.6 Å². The first kappa shape index (κ1) is 49.8. The van der Waals surface area contributed by atoms with Crippen molar-refractivity contribution in [1.82, 2.24) is 59.8 Å². The summed E-state index contributed by atoms with van der Waals surface area (Å²) in [6.07, 6.45) is 14.1. The smallest absolute Gasteiger partial charge is 0.0894 e. The zero-order valence-corrected chi connectivity index (χ0v) is 40.9. The van der Waals surface area contributed by atoms with Crippen molar-refractivity contribution in [1.29, 1.82) is 0 Å². The van der Waals surface area contributed by atoms with Gasteiger partial charge >= 0.3 is 0 Å². The summed E-state index contributed by atoms with van der Waals surface area (Å²) in [6.45, 7) is 0. The summed E-state index contributed by atoms with van der Waals surface area (Å²) >= 11 is 0. The van der Waals surface area contributed by atoms with Gasteiger partial charge in [-0.3, -0.25) is 39.9 Å². The maximum absolute atomic E-state index is 4.59. The molecule has 12 heterocycles. The summed E-state index contributed by atoms with van der Waals surface area (Å²) < 4.78 is 0. The van der Waals surface area contributed by atoms with Gasteiger partial charge in [-0.15, -0.1) is 0 Å². The van der Waals surface area contributed by atoms with E-state index in [0.29, 0.717) is 0 Å². The van der Waals surface area contributed by atoms with Crippen LogP contribution >= 0.6 is 0 Å². The quantitative estimate of drug-likeness (QED) is 0.133. The minimum absolute atomic E-state index is 0. The summed E-state index contributed by atoms with van der Waals surface area (Å²) in [6, 6.07) is 69.9. The molecule has 12 aromatic heterocycles. The van der Waals surface area contributed by atoms with Crippen LogP contribution in [-0.2, 0) is 19.5 Å². The van der Waals surface area contributed by atoms with Crippen molar-refractivity contribution in [3.8, 4) is 91.1 Å². The van der Waals surface area contributed by atoms with Gasteiger partial charge < -0.3 is 0 Å². The Bertz CT molecular complexity index is 2810. The maximum atomic E-state index is 4.59. The van der Waals surface area contributed by atoms with Crippen molar-refractivity contribution in [2.45, 2.75) is 0 Å². The number of rotatable bonds is 8. The molecule has 12 rings (SSSR count). The van der Waals surface area contributed by atoms with Gasteiger partial charge in [0.2, 0.25) is 0 Å². The maximum Gasteiger partial charge on any atom is 0.0894 e. The Morgan fingerprint density at radius 2 is 0.260 bits per heavy atom. The Hall–Kier alpha value is -9.58. The van der Waals surface area contributed by atoms with E-state index in [0.717, 1.165) is 91.1 Å². The summed E-state index contributed by atoms with van der Waals surface area (Å²) in [5.41, 5.74) is 13.8. The van der Waals surface area contributed by atoms with E-state index in [4.69, 9.17) is 0 Å². The molecule has 0 aliphatic rings. The predicted octanol–water partition coefficient (Wildman–Crippen LogP) is 12.8. The average molecular weight is 1030 g/mol. The van der Waals surface area contributed by atoms with Crippen molar-refractivity contribution >= 4 is 0 Å². The van der Waals surface area contributed by atoms with Gasteiger partial charge in [0, 0.05) is 69.1 Å². The van der Waals surface area contributed by atoms with Gasteiger partial charge in [-0.25, -0.2) is 19.9 Å². The first-order valence-corrected chi connectivity index (χ1v) is 22.9. The van der Waals surface area contributed by atoms with Gasteiger partial charge in [0.05, 0.1) is 91.1 Å². The largest absolute Gasteiger partial charge is 0.255 e. The van der Waals surface area contributed by atoms with Crippen LogP contribution in [0, 0.1) is 0 Å². The van der Waals surface area contributed by atoms with Crippen LogP contribution in [-0.4, -0.2) is 59.8 Å². The van der Waals surface area contributed by atoms with E-state index in [-0.39, 0.29) is 19.5 Å². The van der Waals surface area contributed by atoms with E-state index in [2.05, 4.69) is 59.8 Å². The summed E-state index contributed by atoms with van der Waals surface area (Å²) in [5.74, 6) is 0. The molecule has 352 valence electrons. The topological polar surface area (TPSA) is 155 Å². The molecule has 73 heavy (non-hydrogen) atoms. The molecule has 0 atom stereocenters. The fourth-order valence-electron chi connectivity index (χ4n) is 6.99. The molecule has 0 radical (unpaired) electrons. The van der Waals surface area contributed by atoms with E-state index in [9.17, 15) is 0 Å². The molecule has 0 saturated carbocycles. The molecule has 0 N–H and O–H groups in total. The standard InChI is InChI=1S/4C15H11N3.Ru/c4*1-3-10-16-12(6-1)14-8-5-9-15(18-14)13-7-2-4-11-17-13;/h4*1-11H;. The van der Waals surface area contributed by atoms with E-state index >= 15 is 0 Å². The second-order valence-electron chi connectivity index (χ2n) is 15.4. The van der Waals surface area contributed by atoms with Gasteiger partial charge in [0.15, 0.2) is 0 Å². The van der Waals surface area contributed by atoms with Crippen LogP contribution < -0.4 is 0 Å². The number of aromatic nitrogens is 12. The van der Waals surface area contributed by atoms with Crippen molar-refractivity contribution in [2.24, 2.45) is 0 Å². The molecule has 0 amide bonds. The Balaban J connectivity index is 0.000000129. The third-order valence-electron chi connectivity index (χ3n) is 10.4. The number of nitrogens with zero attached hydrogens (tertiary/aromatic N) is 12. The molecule has 0 aliphatic heterocycles. The molecule has 12 nitrogen and oxygen atoms in total. The Morgan fingerprint density at radius 3 is 0.370 bits per heavy atom. The second-order valence-corrected chi connectivity index (χ2v) is 15.4. The molecule has 0 fully saturated rings. The zero-order valence-electron chi connectivity index (χ0n) is 39.1. The molecule has 0 spiro atoms. The Morgan fingerprint density at radius 1 is 0.137 bits per heavy atom. The molecule has 0 bridgehead atoms. The average Bonchev–Trinajstić information content (AvgIpc) is 3.49. The van der Waals surface area contributed by atoms with Crippen molar-refractivity contribution in [3.63, 3.8) is 0 Å². The predicted molar refractivity (Wildman–Crippen MR) is 283 cm³/mol. The minimum Gasteiger partial charge on any atom is -0.255 e. The second kappa shape index (κ2) is 26.4. The van der Waals surface area contributed by atoms with E-state index in [1.807, 2.05) is 218 Å². The molecular weight excluding hydrogens is 990 g/mol. The number of hydrogen-bond acceptors (Lipinski definition) is 12. The zero-order chi connectivity index (χ0) is 48.8.